The smallest absolute Gasteiger partial charge is 0.335 e. The van der Waals surface area contributed by atoms with E-state index in [4.69, 9.17) is 0 Å². The second-order valence-corrected chi connectivity index (χ2v) is 4.99. The number of aliphatic carboxylic acids is 1. The summed E-state index contributed by atoms with van der Waals surface area (Å²) in [6.45, 7) is 2.43. The van der Waals surface area contributed by atoms with Crippen molar-refractivity contribution in [2.45, 2.75) is 32.2 Å². The van der Waals surface area contributed by atoms with Crippen molar-refractivity contribution in [3.8, 4) is 0 Å². The predicted octanol–water partition coefficient (Wildman–Crippen LogP) is 1.36. The van der Waals surface area contributed by atoms with E-state index in [-0.39, 0.29) is 5.56 Å². The van der Waals surface area contributed by atoms with Gasteiger partial charge < -0.3 is 14.4 Å². The van der Waals surface area contributed by atoms with Gasteiger partial charge in [0, 0.05) is 12.6 Å². The summed E-state index contributed by atoms with van der Waals surface area (Å²) in [5.74, 6) is -1.07. The summed E-state index contributed by atoms with van der Waals surface area (Å²) in [4.78, 5) is 35.9. The fraction of sp³-hybridized carbons (Fsp3) is 0.500. The quantitative estimate of drug-likeness (QED) is 0.902. The van der Waals surface area contributed by atoms with Crippen LogP contribution in [0, 0.1) is 5.92 Å². The largest absolute Gasteiger partial charge is 0.480 e. The third kappa shape index (κ3) is 2.89. The van der Waals surface area contributed by atoms with Gasteiger partial charge in [-0.25, -0.2) is 9.59 Å². The zero-order valence-electron chi connectivity index (χ0n) is 11.2. The summed E-state index contributed by atoms with van der Waals surface area (Å²) in [5.41, 5.74) is -0.341. The summed E-state index contributed by atoms with van der Waals surface area (Å²) in [6.07, 6.45) is 3.25. The molecule has 0 aromatic carbocycles. The topological polar surface area (TPSA) is 87.8 Å². The maximum atomic E-state index is 12.3. The number of carbonyl (C=O) groups excluding carboxylic acids is 1. The van der Waals surface area contributed by atoms with E-state index in [1.54, 1.807) is 0 Å². The molecule has 2 rings (SSSR count). The van der Waals surface area contributed by atoms with Crippen LogP contribution in [0.25, 0.3) is 0 Å². The van der Waals surface area contributed by atoms with Crippen molar-refractivity contribution in [1.29, 1.82) is 0 Å². The Bertz CT molecular complexity index is 544. The number of nitrogens with zero attached hydrogens (tertiary/aromatic N) is 1. The molecule has 0 aliphatic carbocycles. The molecule has 1 amide bonds. The average Bonchev–Trinajstić information content (AvgIpc) is 2.46. The number of carboxylic acid groups (broad SMARTS) is 1. The fourth-order valence-electron chi connectivity index (χ4n) is 2.53. The standard InChI is InChI=1S/C14H17NO5/c1-2-9-5-6-15(11(7-9)14(18)19)13(17)10-3-4-12(16)20-8-10/h3-4,8-9,11H,2,5-7H2,1H3,(H,18,19). The normalized spacial score (nSPS) is 22.6. The van der Waals surface area contributed by atoms with Gasteiger partial charge in [-0.3, -0.25) is 4.79 Å². The molecule has 1 aliphatic rings. The molecule has 2 atom stereocenters. The number of amides is 1. The van der Waals surface area contributed by atoms with Gasteiger partial charge in [0.1, 0.15) is 12.3 Å². The Kier molecular flexibility index (Phi) is 4.22. The van der Waals surface area contributed by atoms with Crippen molar-refractivity contribution in [2.24, 2.45) is 5.92 Å². The van der Waals surface area contributed by atoms with Crippen molar-refractivity contribution < 1.29 is 19.1 Å². The van der Waals surface area contributed by atoms with E-state index in [2.05, 4.69) is 4.42 Å². The van der Waals surface area contributed by atoms with Crippen LogP contribution in [-0.2, 0) is 4.79 Å². The Labute approximate surface area is 116 Å². The summed E-state index contributed by atoms with van der Waals surface area (Å²) in [6, 6.07) is 1.70. The molecule has 1 aromatic rings. The third-order valence-electron chi connectivity index (χ3n) is 3.78. The molecule has 0 bridgehead atoms. The van der Waals surface area contributed by atoms with Crippen molar-refractivity contribution in [1.82, 2.24) is 4.90 Å². The minimum Gasteiger partial charge on any atom is -0.480 e. The van der Waals surface area contributed by atoms with Crippen LogP contribution in [0.2, 0.25) is 0 Å². The molecule has 2 unspecified atom stereocenters. The van der Waals surface area contributed by atoms with E-state index in [0.717, 1.165) is 25.2 Å². The Morgan fingerprint density at radius 3 is 2.75 bits per heavy atom. The lowest BCUT2D eigenvalue weighted by molar-refractivity contribution is -0.144. The second-order valence-electron chi connectivity index (χ2n) is 4.99. The molecular formula is C14H17NO5. The van der Waals surface area contributed by atoms with E-state index in [1.165, 1.54) is 11.0 Å². The Morgan fingerprint density at radius 1 is 1.45 bits per heavy atom. The van der Waals surface area contributed by atoms with Crippen LogP contribution in [0.3, 0.4) is 0 Å². The average molecular weight is 279 g/mol. The van der Waals surface area contributed by atoms with Crippen LogP contribution in [0.1, 0.15) is 36.5 Å². The summed E-state index contributed by atoms with van der Waals surface area (Å²) in [7, 11) is 0. The molecule has 6 heteroatoms. The van der Waals surface area contributed by atoms with Crippen LogP contribution >= 0.6 is 0 Å². The van der Waals surface area contributed by atoms with Crippen molar-refractivity contribution in [3.05, 3.63) is 34.4 Å². The van der Waals surface area contributed by atoms with Crippen molar-refractivity contribution in [3.63, 3.8) is 0 Å². The third-order valence-corrected chi connectivity index (χ3v) is 3.78. The van der Waals surface area contributed by atoms with E-state index in [9.17, 15) is 19.5 Å². The molecule has 1 saturated heterocycles. The number of hydrogen-bond donors (Lipinski definition) is 1. The van der Waals surface area contributed by atoms with E-state index in [1.807, 2.05) is 6.92 Å². The molecule has 108 valence electrons. The molecule has 0 saturated carbocycles. The highest BCUT2D eigenvalue weighted by Crippen LogP contribution is 2.26. The Hall–Kier alpha value is -2.11. The zero-order chi connectivity index (χ0) is 14.7. The van der Waals surface area contributed by atoms with Gasteiger partial charge in [0.05, 0.1) is 5.56 Å². The van der Waals surface area contributed by atoms with Gasteiger partial charge in [-0.05, 0) is 24.8 Å². The highest BCUT2D eigenvalue weighted by molar-refractivity contribution is 5.96. The maximum absolute atomic E-state index is 12.3. The molecule has 6 nitrogen and oxygen atoms in total. The lowest BCUT2D eigenvalue weighted by atomic mass is 9.88. The van der Waals surface area contributed by atoms with Crippen molar-refractivity contribution >= 4 is 11.9 Å². The summed E-state index contributed by atoms with van der Waals surface area (Å²) in [5, 5.41) is 9.29. The van der Waals surface area contributed by atoms with Gasteiger partial charge in [-0.15, -0.1) is 0 Å². The van der Waals surface area contributed by atoms with Crippen LogP contribution in [0.4, 0.5) is 0 Å². The molecule has 1 fully saturated rings. The first-order chi connectivity index (χ1) is 9.52. The number of carboxylic acids is 1. The highest BCUT2D eigenvalue weighted by Gasteiger charge is 2.36. The number of rotatable bonds is 3. The van der Waals surface area contributed by atoms with Gasteiger partial charge in [-0.1, -0.05) is 13.3 Å². The SMILES string of the molecule is CCC1CCN(C(=O)c2ccc(=O)oc2)C(C(=O)O)C1. The Balaban J connectivity index is 2.21. The maximum Gasteiger partial charge on any atom is 0.335 e. The van der Waals surface area contributed by atoms with Gasteiger partial charge >= 0.3 is 11.6 Å². The molecular weight excluding hydrogens is 262 g/mol. The number of piperidine rings is 1. The predicted molar refractivity (Wildman–Crippen MR) is 70.5 cm³/mol. The van der Waals surface area contributed by atoms with Crippen LogP contribution in [0.15, 0.2) is 27.6 Å². The summed E-state index contributed by atoms with van der Waals surface area (Å²) < 4.78 is 4.66. The molecule has 1 aliphatic heterocycles. The van der Waals surface area contributed by atoms with Crippen molar-refractivity contribution in [2.75, 3.05) is 6.54 Å². The minimum atomic E-state index is -0.992. The lowest BCUT2D eigenvalue weighted by Crippen LogP contribution is -2.50. The number of likely N-dealkylation sites (tertiary alicyclic amines) is 1. The zero-order valence-corrected chi connectivity index (χ0v) is 11.2. The number of hydrogen-bond acceptors (Lipinski definition) is 4. The molecule has 0 radical (unpaired) electrons. The monoisotopic (exact) mass is 279 g/mol. The molecule has 2 heterocycles. The molecule has 20 heavy (non-hydrogen) atoms. The number of carbonyl (C=O) groups is 2. The second kappa shape index (κ2) is 5.90. The highest BCUT2D eigenvalue weighted by atomic mass is 16.4. The first-order valence-corrected chi connectivity index (χ1v) is 6.65. The van der Waals surface area contributed by atoms with E-state index < -0.39 is 23.5 Å². The molecule has 0 spiro atoms. The van der Waals surface area contributed by atoms with Gasteiger partial charge in [0.25, 0.3) is 5.91 Å². The fourth-order valence-corrected chi connectivity index (χ4v) is 2.53. The van der Waals surface area contributed by atoms with E-state index in [0.29, 0.717) is 18.9 Å². The van der Waals surface area contributed by atoms with E-state index >= 15 is 0 Å². The van der Waals surface area contributed by atoms with Gasteiger partial charge in [0.2, 0.25) is 0 Å². The first-order valence-electron chi connectivity index (χ1n) is 6.65. The Morgan fingerprint density at radius 2 is 2.20 bits per heavy atom. The van der Waals surface area contributed by atoms with Crippen LogP contribution in [-0.4, -0.2) is 34.5 Å². The first kappa shape index (κ1) is 14.3. The van der Waals surface area contributed by atoms with Gasteiger partial charge in [0.15, 0.2) is 0 Å². The minimum absolute atomic E-state index is 0.200. The lowest BCUT2D eigenvalue weighted by Gasteiger charge is -2.36. The van der Waals surface area contributed by atoms with Gasteiger partial charge in [-0.2, -0.15) is 0 Å². The van der Waals surface area contributed by atoms with Crippen LogP contribution in [0.5, 0.6) is 0 Å². The molecule has 1 N–H and O–H groups in total. The molecule has 1 aromatic heterocycles. The van der Waals surface area contributed by atoms with Crippen LogP contribution < -0.4 is 5.63 Å². The summed E-state index contributed by atoms with van der Waals surface area (Å²) >= 11 is 0.